The molecular formula is C23H22N6S. The Balaban J connectivity index is 1.32. The lowest BCUT2D eigenvalue weighted by Crippen LogP contribution is -2.33. The molecule has 7 heteroatoms. The first-order chi connectivity index (χ1) is 14.8. The Morgan fingerprint density at radius 3 is 3.00 bits per heavy atom. The van der Waals surface area contributed by atoms with E-state index in [2.05, 4.69) is 55.9 Å². The molecule has 4 aromatic rings. The van der Waals surface area contributed by atoms with Gasteiger partial charge in [0.2, 0.25) is 0 Å². The number of piperidine rings is 1. The molecule has 0 amide bonds. The van der Waals surface area contributed by atoms with Crippen molar-refractivity contribution in [1.82, 2.24) is 19.9 Å². The SMILES string of the molecule is N#Cc1ccc(Nc2nc([C@H]3CCCCN3Cc3cc4ccccc4[nH]3)cs2)cn1. The van der Waals surface area contributed by atoms with Crippen LogP contribution < -0.4 is 5.32 Å². The van der Waals surface area contributed by atoms with Gasteiger partial charge < -0.3 is 10.3 Å². The molecule has 3 aromatic heterocycles. The van der Waals surface area contributed by atoms with E-state index >= 15 is 0 Å². The van der Waals surface area contributed by atoms with Gasteiger partial charge in [-0.3, -0.25) is 4.90 Å². The maximum atomic E-state index is 8.89. The van der Waals surface area contributed by atoms with Gasteiger partial charge in [0.1, 0.15) is 11.8 Å². The number of rotatable bonds is 5. The summed E-state index contributed by atoms with van der Waals surface area (Å²) in [7, 11) is 0. The predicted octanol–water partition coefficient (Wildman–Crippen LogP) is 5.36. The number of pyridine rings is 1. The number of fused-ring (bicyclic) bond motifs is 1. The van der Waals surface area contributed by atoms with E-state index in [-0.39, 0.29) is 0 Å². The van der Waals surface area contributed by atoms with Gasteiger partial charge in [-0.25, -0.2) is 9.97 Å². The van der Waals surface area contributed by atoms with Crippen molar-refractivity contribution in [2.75, 3.05) is 11.9 Å². The number of likely N-dealkylation sites (tertiary alicyclic amines) is 1. The molecule has 0 bridgehead atoms. The Morgan fingerprint density at radius 2 is 2.17 bits per heavy atom. The highest BCUT2D eigenvalue weighted by Gasteiger charge is 2.26. The van der Waals surface area contributed by atoms with Crippen molar-refractivity contribution in [2.24, 2.45) is 0 Å². The Kier molecular flexibility index (Phi) is 5.18. The summed E-state index contributed by atoms with van der Waals surface area (Å²) in [4.78, 5) is 15.1. The number of hydrogen-bond donors (Lipinski definition) is 2. The molecular weight excluding hydrogens is 392 g/mol. The molecule has 30 heavy (non-hydrogen) atoms. The highest BCUT2D eigenvalue weighted by molar-refractivity contribution is 7.13. The van der Waals surface area contributed by atoms with Crippen LogP contribution in [0.4, 0.5) is 10.8 Å². The third-order valence-electron chi connectivity index (χ3n) is 5.57. The van der Waals surface area contributed by atoms with E-state index < -0.39 is 0 Å². The van der Waals surface area contributed by atoms with Crippen LogP contribution in [0.5, 0.6) is 0 Å². The van der Waals surface area contributed by atoms with Crippen LogP contribution in [0, 0.1) is 11.3 Å². The maximum absolute atomic E-state index is 8.89. The van der Waals surface area contributed by atoms with Gasteiger partial charge in [-0.1, -0.05) is 24.6 Å². The van der Waals surface area contributed by atoms with E-state index in [0.717, 1.165) is 36.0 Å². The molecule has 5 rings (SSSR count). The molecule has 0 spiro atoms. The summed E-state index contributed by atoms with van der Waals surface area (Å²) in [6, 6.07) is 16.6. The molecule has 1 atom stereocenters. The number of nitrogens with one attached hydrogen (secondary N) is 2. The minimum atomic E-state index is 0.330. The number of hydrogen-bond acceptors (Lipinski definition) is 6. The summed E-state index contributed by atoms with van der Waals surface area (Å²) in [5, 5.41) is 16.5. The molecule has 0 unspecified atom stereocenters. The molecule has 1 aliphatic rings. The summed E-state index contributed by atoms with van der Waals surface area (Å²) in [6.45, 7) is 1.99. The molecule has 1 fully saturated rings. The minimum absolute atomic E-state index is 0.330. The normalized spacial score (nSPS) is 17.1. The first-order valence-corrected chi connectivity index (χ1v) is 11.1. The maximum Gasteiger partial charge on any atom is 0.187 e. The molecule has 4 heterocycles. The molecule has 150 valence electrons. The highest BCUT2D eigenvalue weighted by Crippen LogP contribution is 2.34. The van der Waals surface area contributed by atoms with Crippen LogP contribution in [0.2, 0.25) is 0 Å². The van der Waals surface area contributed by atoms with Gasteiger partial charge in [0, 0.05) is 23.1 Å². The molecule has 0 aliphatic carbocycles. The monoisotopic (exact) mass is 414 g/mol. The molecule has 0 saturated carbocycles. The Labute approximate surface area is 179 Å². The van der Waals surface area contributed by atoms with Crippen molar-refractivity contribution >= 4 is 33.1 Å². The van der Waals surface area contributed by atoms with E-state index in [4.69, 9.17) is 10.2 Å². The predicted molar refractivity (Wildman–Crippen MR) is 120 cm³/mol. The zero-order valence-electron chi connectivity index (χ0n) is 16.5. The number of nitrogens with zero attached hydrogens (tertiary/aromatic N) is 4. The van der Waals surface area contributed by atoms with Crippen LogP contribution >= 0.6 is 11.3 Å². The van der Waals surface area contributed by atoms with E-state index in [1.807, 2.05) is 12.1 Å². The summed E-state index contributed by atoms with van der Waals surface area (Å²) in [5.74, 6) is 0. The Morgan fingerprint density at radius 1 is 1.23 bits per heavy atom. The number of para-hydroxylation sites is 1. The topological polar surface area (TPSA) is 80.6 Å². The summed E-state index contributed by atoms with van der Waals surface area (Å²) >= 11 is 1.61. The number of anilines is 2. The fourth-order valence-corrected chi connectivity index (χ4v) is 4.88. The average molecular weight is 415 g/mol. The third-order valence-corrected chi connectivity index (χ3v) is 6.34. The quantitative estimate of drug-likeness (QED) is 0.459. The van der Waals surface area contributed by atoms with E-state index in [1.165, 1.54) is 29.4 Å². The van der Waals surface area contributed by atoms with Gasteiger partial charge in [0.05, 0.1) is 23.6 Å². The minimum Gasteiger partial charge on any atom is -0.357 e. The van der Waals surface area contributed by atoms with Gasteiger partial charge in [-0.15, -0.1) is 11.3 Å². The number of thiazole rings is 1. The van der Waals surface area contributed by atoms with Crippen LogP contribution in [0.3, 0.4) is 0 Å². The second kappa shape index (κ2) is 8.27. The van der Waals surface area contributed by atoms with Crippen LogP contribution in [0.25, 0.3) is 10.9 Å². The molecule has 2 N–H and O–H groups in total. The van der Waals surface area contributed by atoms with Gasteiger partial charge >= 0.3 is 0 Å². The third kappa shape index (κ3) is 3.92. The van der Waals surface area contributed by atoms with Crippen LogP contribution in [-0.2, 0) is 6.54 Å². The summed E-state index contributed by atoms with van der Waals surface area (Å²) in [6.07, 6.45) is 5.25. The standard InChI is InChI=1S/C23H22N6S/c24-12-17-8-9-18(13-25-17)27-23-28-21(15-30-23)22-7-3-4-10-29(22)14-19-11-16-5-1-2-6-20(16)26-19/h1-2,5-6,8-9,11,13,15,22,26H,3-4,7,10,14H2,(H,27,28)/t22-/m1/s1. The zero-order chi connectivity index (χ0) is 20.3. The smallest absolute Gasteiger partial charge is 0.187 e. The Hall–Kier alpha value is -3.21. The van der Waals surface area contributed by atoms with Crippen LogP contribution in [0.1, 0.15) is 42.4 Å². The van der Waals surface area contributed by atoms with Gasteiger partial charge in [-0.2, -0.15) is 5.26 Å². The number of aromatic amines is 1. The summed E-state index contributed by atoms with van der Waals surface area (Å²) < 4.78 is 0. The lowest BCUT2D eigenvalue weighted by molar-refractivity contribution is 0.136. The molecule has 6 nitrogen and oxygen atoms in total. The highest BCUT2D eigenvalue weighted by atomic mass is 32.1. The van der Waals surface area contributed by atoms with Crippen molar-refractivity contribution in [3.63, 3.8) is 0 Å². The Bertz CT molecular complexity index is 1150. The molecule has 1 aliphatic heterocycles. The lowest BCUT2D eigenvalue weighted by Gasteiger charge is -2.34. The number of aromatic nitrogens is 3. The number of benzene rings is 1. The van der Waals surface area contributed by atoms with Crippen molar-refractivity contribution < 1.29 is 0 Å². The zero-order valence-corrected chi connectivity index (χ0v) is 17.3. The van der Waals surface area contributed by atoms with Crippen molar-refractivity contribution in [2.45, 2.75) is 31.8 Å². The molecule has 1 aromatic carbocycles. The van der Waals surface area contributed by atoms with Gasteiger partial charge in [-0.05, 0) is 49.0 Å². The number of H-pyrrole nitrogens is 1. The fraction of sp³-hybridized carbons (Fsp3) is 0.261. The number of nitriles is 1. The van der Waals surface area contributed by atoms with Crippen LogP contribution in [-0.4, -0.2) is 26.4 Å². The van der Waals surface area contributed by atoms with Crippen molar-refractivity contribution in [3.05, 3.63) is 71.1 Å². The first-order valence-electron chi connectivity index (χ1n) is 10.2. The summed E-state index contributed by atoms with van der Waals surface area (Å²) in [5.41, 5.74) is 4.82. The fourth-order valence-electron chi connectivity index (χ4n) is 4.11. The van der Waals surface area contributed by atoms with Gasteiger partial charge in [0.15, 0.2) is 5.13 Å². The second-order valence-electron chi connectivity index (χ2n) is 7.61. The van der Waals surface area contributed by atoms with Crippen molar-refractivity contribution in [3.8, 4) is 6.07 Å². The molecule has 1 saturated heterocycles. The lowest BCUT2D eigenvalue weighted by atomic mass is 10.00. The molecule has 0 radical (unpaired) electrons. The van der Waals surface area contributed by atoms with Gasteiger partial charge in [0.25, 0.3) is 0 Å². The van der Waals surface area contributed by atoms with E-state index in [9.17, 15) is 0 Å². The van der Waals surface area contributed by atoms with E-state index in [0.29, 0.717) is 11.7 Å². The van der Waals surface area contributed by atoms with Crippen LogP contribution in [0.15, 0.2) is 54.0 Å². The average Bonchev–Trinajstić information content (AvgIpc) is 3.41. The van der Waals surface area contributed by atoms with E-state index in [1.54, 1.807) is 23.6 Å². The largest absolute Gasteiger partial charge is 0.357 e. The van der Waals surface area contributed by atoms with Crippen molar-refractivity contribution in [1.29, 1.82) is 5.26 Å². The second-order valence-corrected chi connectivity index (χ2v) is 8.47. The first kappa shape index (κ1) is 18.8.